The Bertz CT molecular complexity index is 1600. The number of carbonyl (C=O) groups is 1. The molecule has 1 saturated heterocycles. The molecular weight excluding hydrogens is 571 g/mol. The van der Waals surface area contributed by atoms with Crippen molar-refractivity contribution in [1.82, 2.24) is 24.6 Å². The predicted octanol–water partition coefficient (Wildman–Crippen LogP) is 2.92. The van der Waals surface area contributed by atoms with Crippen LogP contribution in [0.1, 0.15) is 32.7 Å². The molecule has 42 heavy (non-hydrogen) atoms. The van der Waals surface area contributed by atoms with Crippen LogP contribution in [-0.2, 0) is 23.4 Å². The van der Waals surface area contributed by atoms with Crippen LogP contribution in [0.4, 0.5) is 5.95 Å². The van der Waals surface area contributed by atoms with Crippen molar-refractivity contribution in [1.29, 1.82) is 0 Å². The van der Waals surface area contributed by atoms with E-state index in [0.29, 0.717) is 35.5 Å². The van der Waals surface area contributed by atoms with Gasteiger partial charge in [-0.25, -0.2) is 9.55 Å². The van der Waals surface area contributed by atoms with Crippen LogP contribution >= 0.6 is 7.75 Å². The van der Waals surface area contributed by atoms with Crippen LogP contribution in [0.25, 0.3) is 11.2 Å². The van der Waals surface area contributed by atoms with Gasteiger partial charge in [-0.2, -0.15) is 15.1 Å². The minimum atomic E-state index is -4.12. The fourth-order valence-corrected chi connectivity index (χ4v) is 6.71. The molecule has 3 N–H and O–H groups in total. The van der Waals surface area contributed by atoms with Gasteiger partial charge in [0, 0.05) is 12.5 Å². The Labute approximate surface area is 240 Å². The predicted molar refractivity (Wildman–Crippen MR) is 147 cm³/mol. The van der Waals surface area contributed by atoms with Crippen molar-refractivity contribution in [2.24, 2.45) is 0 Å². The number of carbonyl (C=O) groups excluding carboxylic acids is 1. The maximum Gasteiger partial charge on any atom is 0.459 e. The lowest BCUT2D eigenvalue weighted by molar-refractivity contribution is -0.144. The maximum absolute atomic E-state index is 13.9. The van der Waals surface area contributed by atoms with Crippen molar-refractivity contribution in [3.05, 3.63) is 36.7 Å². The number of aromatic nitrogens is 4. The molecule has 2 fully saturated rings. The SMILES string of the molecule is C=C1C[C@@H](CO[P@@](=O)(N[C@@H](C)C(=O)OCC)Oc2ccc3c(c2)OCO3)O[C@@]12C[C@@H]2n1cnc2c(OC)nc(N)nc21. The lowest BCUT2D eigenvalue weighted by Gasteiger charge is -2.24. The average molecular weight is 603 g/mol. The minimum Gasteiger partial charge on any atom is -0.479 e. The summed E-state index contributed by atoms with van der Waals surface area (Å²) in [4.78, 5) is 25.1. The van der Waals surface area contributed by atoms with E-state index < -0.39 is 31.5 Å². The largest absolute Gasteiger partial charge is 0.479 e. The number of benzene rings is 1. The molecule has 15 nitrogen and oxygen atoms in total. The van der Waals surface area contributed by atoms with E-state index in [2.05, 4.69) is 26.6 Å². The van der Waals surface area contributed by atoms with Crippen molar-refractivity contribution < 1.29 is 42.1 Å². The summed E-state index contributed by atoms with van der Waals surface area (Å²) in [7, 11) is -2.63. The van der Waals surface area contributed by atoms with E-state index in [9.17, 15) is 9.36 Å². The van der Waals surface area contributed by atoms with Crippen LogP contribution in [-0.4, -0.2) is 70.4 Å². The second-order valence-electron chi connectivity index (χ2n) is 10.1. The molecule has 6 rings (SSSR count). The first kappa shape index (κ1) is 28.2. The van der Waals surface area contributed by atoms with Gasteiger partial charge in [-0.3, -0.25) is 9.32 Å². The number of nitrogen functional groups attached to an aromatic ring is 1. The molecule has 1 aromatic carbocycles. The standard InChI is InChI=1S/C26H31N6O9P/c1-5-36-24(33)15(3)31-42(34,41-16-6-7-18-19(9-16)38-13-37-18)39-11-17-8-14(2)26(40-17)10-20(26)32-12-28-21-22(32)29-25(27)30-23(21)35-4/h6-7,9,12,15,17,20H,2,5,8,10-11,13H2,1,3-4H3,(H,31,34)(H2,27,29,30)/t15-,17-,20-,26-,42-/m0/s1. The first-order valence-corrected chi connectivity index (χ1v) is 14.9. The number of hydrogen-bond donors (Lipinski definition) is 2. The van der Waals surface area contributed by atoms with Gasteiger partial charge in [0.2, 0.25) is 18.6 Å². The van der Waals surface area contributed by atoms with Crippen LogP contribution < -0.4 is 29.6 Å². The molecule has 0 unspecified atom stereocenters. The van der Waals surface area contributed by atoms with Crippen LogP contribution in [0.3, 0.4) is 0 Å². The minimum absolute atomic E-state index is 0.0657. The van der Waals surface area contributed by atoms with Gasteiger partial charge >= 0.3 is 13.7 Å². The Kier molecular flexibility index (Phi) is 7.21. The van der Waals surface area contributed by atoms with Crippen LogP contribution in [0, 0.1) is 0 Å². The summed E-state index contributed by atoms with van der Waals surface area (Å²) in [5.41, 5.74) is 7.07. The van der Waals surface area contributed by atoms with E-state index >= 15 is 0 Å². The zero-order valence-corrected chi connectivity index (χ0v) is 24.2. The third kappa shape index (κ3) is 5.13. The number of esters is 1. The van der Waals surface area contributed by atoms with Crippen molar-refractivity contribution >= 4 is 30.8 Å². The summed E-state index contributed by atoms with van der Waals surface area (Å²) in [6.45, 7) is 7.57. The molecule has 2 aromatic heterocycles. The highest BCUT2D eigenvalue weighted by atomic mass is 31.2. The molecule has 3 aliphatic rings. The smallest absolute Gasteiger partial charge is 0.459 e. The summed E-state index contributed by atoms with van der Waals surface area (Å²) in [5.74, 6) is 0.916. The van der Waals surface area contributed by atoms with Gasteiger partial charge in [0.15, 0.2) is 22.7 Å². The van der Waals surface area contributed by atoms with Gasteiger partial charge in [0.1, 0.15) is 17.4 Å². The molecule has 4 heterocycles. The van der Waals surface area contributed by atoms with Gasteiger partial charge in [0.05, 0.1) is 38.8 Å². The molecule has 1 aliphatic carbocycles. The van der Waals surface area contributed by atoms with Crippen LogP contribution in [0.2, 0.25) is 0 Å². The monoisotopic (exact) mass is 602 g/mol. The first-order valence-electron chi connectivity index (χ1n) is 13.3. The summed E-state index contributed by atoms with van der Waals surface area (Å²) < 4.78 is 55.0. The number of nitrogens with zero attached hydrogens (tertiary/aromatic N) is 4. The van der Waals surface area contributed by atoms with E-state index in [1.54, 1.807) is 25.4 Å². The van der Waals surface area contributed by atoms with Gasteiger partial charge in [0.25, 0.3) is 0 Å². The topological polar surface area (TPSA) is 180 Å². The van der Waals surface area contributed by atoms with Gasteiger partial charge in [-0.15, -0.1) is 0 Å². The summed E-state index contributed by atoms with van der Waals surface area (Å²) in [6, 6.07) is 3.61. The van der Waals surface area contributed by atoms with Gasteiger partial charge in [-0.05, 0) is 38.0 Å². The number of methoxy groups -OCH3 is 1. The number of rotatable bonds is 11. The molecule has 1 spiro atoms. The number of imidazole rings is 1. The van der Waals surface area contributed by atoms with E-state index in [4.69, 9.17) is 38.5 Å². The Hall–Kier alpha value is -3.91. The zero-order chi connectivity index (χ0) is 29.6. The number of nitrogens with two attached hydrogens (primary N) is 1. The lowest BCUT2D eigenvalue weighted by atomic mass is 10.1. The number of ether oxygens (including phenoxy) is 5. The Morgan fingerprint density at radius 3 is 2.93 bits per heavy atom. The number of anilines is 1. The quantitative estimate of drug-likeness (QED) is 0.186. The molecule has 2 aliphatic heterocycles. The summed E-state index contributed by atoms with van der Waals surface area (Å²) in [6.07, 6.45) is 2.25. The van der Waals surface area contributed by atoms with E-state index in [1.165, 1.54) is 20.1 Å². The molecule has 224 valence electrons. The average Bonchev–Trinajstić information content (AvgIpc) is 3.24. The van der Waals surface area contributed by atoms with Crippen LogP contribution in [0.5, 0.6) is 23.1 Å². The second kappa shape index (κ2) is 10.7. The Balaban J connectivity index is 1.17. The molecule has 16 heteroatoms. The van der Waals surface area contributed by atoms with Crippen molar-refractivity contribution in [2.45, 2.75) is 50.5 Å². The van der Waals surface area contributed by atoms with Gasteiger partial charge < -0.3 is 38.5 Å². The lowest BCUT2D eigenvalue weighted by Crippen LogP contribution is -2.35. The highest BCUT2D eigenvalue weighted by molar-refractivity contribution is 7.52. The first-order chi connectivity index (χ1) is 20.1. The highest BCUT2D eigenvalue weighted by Gasteiger charge is 2.63. The normalized spacial score (nSPS) is 24.5. The van der Waals surface area contributed by atoms with Crippen molar-refractivity contribution in [3.8, 4) is 23.1 Å². The fourth-order valence-electron chi connectivity index (χ4n) is 5.20. The Morgan fingerprint density at radius 1 is 1.33 bits per heavy atom. The zero-order valence-electron chi connectivity index (χ0n) is 23.3. The molecular formula is C26H31N6O9P. The van der Waals surface area contributed by atoms with E-state index in [-0.39, 0.29) is 43.6 Å². The van der Waals surface area contributed by atoms with Crippen LogP contribution in [0.15, 0.2) is 36.7 Å². The number of nitrogens with one attached hydrogen (secondary N) is 1. The highest BCUT2D eigenvalue weighted by Crippen LogP contribution is 2.61. The molecule has 0 bridgehead atoms. The summed E-state index contributed by atoms with van der Waals surface area (Å²) >= 11 is 0. The fraction of sp³-hybridized carbons (Fsp3) is 0.462. The second-order valence-corrected chi connectivity index (χ2v) is 11.8. The number of hydrogen-bond acceptors (Lipinski definition) is 13. The number of fused-ring (bicyclic) bond motifs is 2. The molecule has 5 atom stereocenters. The maximum atomic E-state index is 13.9. The van der Waals surface area contributed by atoms with Crippen molar-refractivity contribution in [2.75, 3.05) is 32.9 Å². The van der Waals surface area contributed by atoms with Gasteiger partial charge in [-0.1, -0.05) is 6.58 Å². The molecule has 0 amide bonds. The third-order valence-electron chi connectivity index (χ3n) is 7.25. The van der Waals surface area contributed by atoms with E-state index in [0.717, 1.165) is 5.57 Å². The van der Waals surface area contributed by atoms with E-state index in [1.807, 2.05) is 4.57 Å². The molecule has 3 aromatic rings. The van der Waals surface area contributed by atoms with Crippen molar-refractivity contribution in [3.63, 3.8) is 0 Å². The summed E-state index contributed by atoms with van der Waals surface area (Å²) in [5, 5.41) is 2.67. The molecule has 1 saturated carbocycles. The Morgan fingerprint density at radius 2 is 2.14 bits per heavy atom. The third-order valence-corrected chi connectivity index (χ3v) is 8.90. The molecule has 0 radical (unpaired) electrons.